The Morgan fingerprint density at radius 2 is 1.73 bits per heavy atom. The number of morpholine rings is 1. The van der Waals surface area contributed by atoms with Crippen molar-refractivity contribution in [2.45, 2.75) is 25.4 Å². The van der Waals surface area contributed by atoms with Crippen LogP contribution in [-0.2, 0) is 11.3 Å². The number of nitrogens with one attached hydrogen (secondary N) is 2. The largest absolute Gasteiger partial charge is 0.382 e. The van der Waals surface area contributed by atoms with E-state index in [-0.39, 0.29) is 5.91 Å². The minimum Gasteiger partial charge on any atom is -0.382 e. The molecule has 33 heavy (non-hydrogen) atoms. The van der Waals surface area contributed by atoms with Crippen LogP contribution in [0.4, 0.5) is 5.69 Å². The van der Waals surface area contributed by atoms with Crippen LogP contribution in [0, 0.1) is 11.8 Å². The molecular weight excluding hydrogens is 412 g/mol. The average Bonchev–Trinajstić information content (AvgIpc) is 3.42. The van der Waals surface area contributed by atoms with Crippen LogP contribution in [-0.4, -0.2) is 74.2 Å². The van der Waals surface area contributed by atoms with E-state index in [2.05, 4.69) is 62.9 Å². The zero-order valence-corrected chi connectivity index (χ0v) is 19.4. The molecule has 0 unspecified atom stereocenters. The first kappa shape index (κ1) is 22.4. The predicted octanol–water partition coefficient (Wildman–Crippen LogP) is 3.07. The lowest BCUT2D eigenvalue weighted by Crippen LogP contribution is -2.41. The molecule has 0 spiro atoms. The SMILES string of the molecule is O=C(NCCN1CCOCC1)c1ccc(N[C@@H]2CC[C@H]3CN(Cc4ccccc4)C[C@@H]32)cc1. The molecule has 1 amide bonds. The fourth-order valence-electron chi connectivity index (χ4n) is 5.69. The van der Waals surface area contributed by atoms with Crippen molar-refractivity contribution in [3.8, 4) is 0 Å². The number of ether oxygens (including phenoxy) is 1. The number of amides is 1. The van der Waals surface area contributed by atoms with Gasteiger partial charge in [0.2, 0.25) is 0 Å². The van der Waals surface area contributed by atoms with E-state index in [1.54, 1.807) is 0 Å². The number of likely N-dealkylation sites (tertiary alicyclic amines) is 1. The third-order valence-corrected chi connectivity index (χ3v) is 7.50. The summed E-state index contributed by atoms with van der Waals surface area (Å²) in [4.78, 5) is 17.4. The maximum absolute atomic E-state index is 12.5. The molecule has 2 saturated heterocycles. The molecule has 0 radical (unpaired) electrons. The van der Waals surface area contributed by atoms with Gasteiger partial charge in [-0.05, 0) is 54.5 Å². The molecule has 2 aromatic carbocycles. The van der Waals surface area contributed by atoms with Crippen molar-refractivity contribution in [1.82, 2.24) is 15.1 Å². The van der Waals surface area contributed by atoms with Crippen LogP contribution in [0.25, 0.3) is 0 Å². The Morgan fingerprint density at radius 1 is 0.939 bits per heavy atom. The van der Waals surface area contributed by atoms with Gasteiger partial charge in [0.1, 0.15) is 0 Å². The molecule has 6 heteroatoms. The summed E-state index contributed by atoms with van der Waals surface area (Å²) in [5.74, 6) is 1.50. The van der Waals surface area contributed by atoms with Crippen LogP contribution in [0.3, 0.4) is 0 Å². The summed E-state index contributed by atoms with van der Waals surface area (Å²) in [5.41, 5.74) is 3.24. The first-order chi connectivity index (χ1) is 16.2. The monoisotopic (exact) mass is 448 g/mol. The van der Waals surface area contributed by atoms with Crippen molar-refractivity contribution in [2.24, 2.45) is 11.8 Å². The lowest BCUT2D eigenvalue weighted by atomic mass is 9.97. The smallest absolute Gasteiger partial charge is 0.251 e. The van der Waals surface area contributed by atoms with Crippen molar-refractivity contribution >= 4 is 11.6 Å². The Balaban J connectivity index is 1.09. The molecule has 1 saturated carbocycles. The average molecular weight is 449 g/mol. The molecule has 1 aliphatic carbocycles. The van der Waals surface area contributed by atoms with E-state index in [1.165, 1.54) is 31.5 Å². The van der Waals surface area contributed by atoms with Crippen molar-refractivity contribution in [3.05, 3.63) is 65.7 Å². The Kier molecular flexibility index (Phi) is 7.24. The number of benzene rings is 2. The van der Waals surface area contributed by atoms with Crippen molar-refractivity contribution in [1.29, 1.82) is 0 Å². The van der Waals surface area contributed by atoms with Gasteiger partial charge in [-0.25, -0.2) is 0 Å². The highest BCUT2D eigenvalue weighted by Crippen LogP contribution is 2.40. The van der Waals surface area contributed by atoms with Crippen LogP contribution in [0.1, 0.15) is 28.8 Å². The molecule has 3 fully saturated rings. The summed E-state index contributed by atoms with van der Waals surface area (Å²) >= 11 is 0. The van der Waals surface area contributed by atoms with E-state index < -0.39 is 0 Å². The van der Waals surface area contributed by atoms with Crippen LogP contribution >= 0.6 is 0 Å². The highest BCUT2D eigenvalue weighted by atomic mass is 16.5. The van der Waals surface area contributed by atoms with Crippen LogP contribution in [0.5, 0.6) is 0 Å². The van der Waals surface area contributed by atoms with Gasteiger partial charge in [-0.1, -0.05) is 30.3 Å². The lowest BCUT2D eigenvalue weighted by molar-refractivity contribution is 0.0383. The highest BCUT2D eigenvalue weighted by molar-refractivity contribution is 5.94. The number of anilines is 1. The summed E-state index contributed by atoms with van der Waals surface area (Å²) in [7, 11) is 0. The van der Waals surface area contributed by atoms with Gasteiger partial charge in [-0.2, -0.15) is 0 Å². The summed E-state index contributed by atoms with van der Waals surface area (Å²) in [6.45, 7) is 8.44. The number of fused-ring (bicyclic) bond motifs is 1. The van der Waals surface area contributed by atoms with Crippen molar-refractivity contribution in [3.63, 3.8) is 0 Å². The third kappa shape index (κ3) is 5.75. The maximum atomic E-state index is 12.5. The molecule has 2 aromatic rings. The van der Waals surface area contributed by atoms with Gasteiger partial charge in [0.25, 0.3) is 5.91 Å². The summed E-state index contributed by atoms with van der Waals surface area (Å²) < 4.78 is 5.37. The molecular formula is C27H36N4O2. The number of nitrogens with zero attached hydrogens (tertiary/aromatic N) is 2. The highest BCUT2D eigenvalue weighted by Gasteiger charge is 2.42. The van der Waals surface area contributed by atoms with Gasteiger partial charge in [0.15, 0.2) is 0 Å². The number of hydrogen-bond donors (Lipinski definition) is 2. The van der Waals surface area contributed by atoms with Gasteiger partial charge >= 0.3 is 0 Å². The summed E-state index contributed by atoms with van der Waals surface area (Å²) in [6.07, 6.45) is 2.54. The van der Waals surface area contributed by atoms with Crippen molar-refractivity contribution < 1.29 is 9.53 Å². The summed E-state index contributed by atoms with van der Waals surface area (Å²) in [6, 6.07) is 19.3. The molecule has 5 rings (SSSR count). The van der Waals surface area contributed by atoms with Crippen LogP contribution < -0.4 is 10.6 Å². The number of carbonyl (C=O) groups excluding carboxylic acids is 1. The van der Waals surface area contributed by atoms with Crippen LogP contribution in [0.15, 0.2) is 54.6 Å². The van der Waals surface area contributed by atoms with Gasteiger partial charge in [0, 0.05) is 63.1 Å². The fraction of sp³-hybridized carbons (Fsp3) is 0.519. The van der Waals surface area contributed by atoms with Crippen LogP contribution in [0.2, 0.25) is 0 Å². The van der Waals surface area contributed by atoms with E-state index in [9.17, 15) is 4.79 Å². The minimum atomic E-state index is 0.00286. The number of hydrogen-bond acceptors (Lipinski definition) is 5. The quantitative estimate of drug-likeness (QED) is 0.650. The van der Waals surface area contributed by atoms with Crippen molar-refractivity contribution in [2.75, 3.05) is 57.8 Å². The van der Waals surface area contributed by atoms with E-state index in [4.69, 9.17) is 4.74 Å². The Hall–Kier alpha value is -2.41. The standard InChI is InChI=1S/C27H36N4O2/c32-27(28-12-13-30-14-16-33-17-15-30)22-6-9-24(10-7-22)29-26-11-8-23-19-31(20-25(23)26)18-21-4-2-1-3-5-21/h1-7,9-10,23,25-26,29H,8,11-20H2,(H,28,32)/t23-,25-,26+/m0/s1. The maximum Gasteiger partial charge on any atom is 0.251 e. The number of rotatable bonds is 8. The second kappa shape index (κ2) is 10.7. The zero-order valence-electron chi connectivity index (χ0n) is 19.4. The summed E-state index contributed by atoms with van der Waals surface area (Å²) in [5, 5.41) is 6.82. The zero-order chi connectivity index (χ0) is 22.5. The van der Waals surface area contributed by atoms with E-state index in [0.29, 0.717) is 18.5 Å². The Bertz CT molecular complexity index is 898. The van der Waals surface area contributed by atoms with Gasteiger partial charge in [-0.3, -0.25) is 14.6 Å². The molecule has 2 N–H and O–H groups in total. The predicted molar refractivity (Wildman–Crippen MR) is 131 cm³/mol. The minimum absolute atomic E-state index is 0.00286. The molecule has 0 aromatic heterocycles. The molecule has 3 atom stereocenters. The van der Waals surface area contributed by atoms with E-state index in [0.717, 1.165) is 56.6 Å². The Morgan fingerprint density at radius 3 is 2.52 bits per heavy atom. The number of carbonyl (C=O) groups is 1. The van der Waals surface area contributed by atoms with E-state index in [1.807, 2.05) is 12.1 Å². The second-order valence-corrected chi connectivity index (χ2v) is 9.72. The lowest BCUT2D eigenvalue weighted by Gasteiger charge is -2.26. The van der Waals surface area contributed by atoms with Gasteiger partial charge in [-0.15, -0.1) is 0 Å². The first-order valence-electron chi connectivity index (χ1n) is 12.5. The molecule has 2 heterocycles. The molecule has 3 aliphatic rings. The normalized spacial score (nSPS) is 25.6. The fourth-order valence-corrected chi connectivity index (χ4v) is 5.69. The Labute approximate surface area is 197 Å². The topological polar surface area (TPSA) is 56.8 Å². The van der Waals surface area contributed by atoms with Gasteiger partial charge in [0.05, 0.1) is 13.2 Å². The first-order valence-corrected chi connectivity index (χ1v) is 12.5. The second-order valence-electron chi connectivity index (χ2n) is 9.72. The van der Waals surface area contributed by atoms with Gasteiger partial charge < -0.3 is 15.4 Å². The molecule has 2 aliphatic heterocycles. The molecule has 176 valence electrons. The van der Waals surface area contributed by atoms with E-state index >= 15 is 0 Å². The molecule has 0 bridgehead atoms. The third-order valence-electron chi connectivity index (χ3n) is 7.50. The molecule has 6 nitrogen and oxygen atoms in total.